The van der Waals surface area contributed by atoms with Gasteiger partial charge in [0.05, 0.1) is 6.26 Å². The molecule has 1 amide bonds. The molecule has 0 aromatic carbocycles. The Balaban J connectivity index is 2.55. The van der Waals surface area contributed by atoms with Gasteiger partial charge in [0.1, 0.15) is 5.76 Å². The molecule has 0 saturated carbocycles. The molecule has 1 aromatic rings. The molecule has 4 nitrogen and oxygen atoms in total. The van der Waals surface area contributed by atoms with Crippen molar-refractivity contribution in [3.05, 3.63) is 30.2 Å². The van der Waals surface area contributed by atoms with E-state index in [2.05, 4.69) is 0 Å². The van der Waals surface area contributed by atoms with Gasteiger partial charge >= 0.3 is 0 Å². The summed E-state index contributed by atoms with van der Waals surface area (Å²) in [5.74, 6) is -0.0185. The Bertz CT molecular complexity index is 251. The number of hydrogen-bond donors (Lipinski definition) is 2. The van der Waals surface area contributed by atoms with Crippen LogP contribution in [0.25, 0.3) is 6.08 Å². The normalized spacial score (nSPS) is 10.3. The van der Waals surface area contributed by atoms with E-state index in [0.29, 0.717) is 5.76 Å². The summed E-state index contributed by atoms with van der Waals surface area (Å²) in [6.07, 6.45) is 4.11. The van der Waals surface area contributed by atoms with E-state index < -0.39 is 5.91 Å². The van der Waals surface area contributed by atoms with Gasteiger partial charge in [0, 0.05) is 6.08 Å². The summed E-state index contributed by atoms with van der Waals surface area (Å²) in [7, 11) is 0. The summed E-state index contributed by atoms with van der Waals surface area (Å²) >= 11 is 0. The number of hydrogen-bond acceptors (Lipinski definition) is 3. The molecule has 0 aliphatic heterocycles. The summed E-state index contributed by atoms with van der Waals surface area (Å²) in [6.45, 7) is 0. The number of nitrogens with one attached hydrogen (secondary N) is 1. The fourth-order valence-electron chi connectivity index (χ4n) is 0.581. The predicted octanol–water partition coefficient (Wildman–Crippen LogP) is 0.798. The van der Waals surface area contributed by atoms with Crippen molar-refractivity contribution < 1.29 is 14.4 Å². The molecule has 0 atom stereocenters. The maximum absolute atomic E-state index is 10.4. The van der Waals surface area contributed by atoms with E-state index in [9.17, 15) is 4.79 Å². The van der Waals surface area contributed by atoms with Crippen molar-refractivity contribution in [1.29, 1.82) is 0 Å². The molecule has 0 spiro atoms. The van der Waals surface area contributed by atoms with Gasteiger partial charge in [-0.25, -0.2) is 5.48 Å². The molecule has 2 N–H and O–H groups in total. The smallest absolute Gasteiger partial charge is 0.267 e. The zero-order valence-corrected chi connectivity index (χ0v) is 5.65. The van der Waals surface area contributed by atoms with Crippen LogP contribution >= 0.6 is 0 Å². The Morgan fingerprint density at radius 2 is 2.55 bits per heavy atom. The van der Waals surface area contributed by atoms with E-state index in [1.54, 1.807) is 12.1 Å². The number of amides is 1. The molecular formula is C7H7NO3. The first-order valence-electron chi connectivity index (χ1n) is 2.98. The Morgan fingerprint density at radius 1 is 1.73 bits per heavy atom. The van der Waals surface area contributed by atoms with Crippen molar-refractivity contribution in [3.8, 4) is 0 Å². The van der Waals surface area contributed by atoms with Crippen LogP contribution in [0.4, 0.5) is 0 Å². The number of carbonyl (C=O) groups is 1. The molecule has 4 heteroatoms. The van der Waals surface area contributed by atoms with E-state index >= 15 is 0 Å². The highest BCUT2D eigenvalue weighted by atomic mass is 16.5. The first kappa shape index (κ1) is 7.56. The number of carbonyl (C=O) groups excluding carboxylic acids is 1. The van der Waals surface area contributed by atoms with Crippen LogP contribution in [0.2, 0.25) is 0 Å². The van der Waals surface area contributed by atoms with Crippen molar-refractivity contribution in [3.63, 3.8) is 0 Å². The van der Waals surface area contributed by atoms with Gasteiger partial charge in [0.15, 0.2) is 0 Å². The third kappa shape index (κ3) is 2.27. The Hall–Kier alpha value is -1.55. The molecule has 1 heterocycles. The molecule has 11 heavy (non-hydrogen) atoms. The Morgan fingerprint density at radius 3 is 3.09 bits per heavy atom. The van der Waals surface area contributed by atoms with Crippen molar-refractivity contribution in [2.75, 3.05) is 0 Å². The molecule has 1 aromatic heterocycles. The highest BCUT2D eigenvalue weighted by Crippen LogP contribution is 2.01. The summed E-state index contributed by atoms with van der Waals surface area (Å²) < 4.78 is 4.88. The van der Waals surface area contributed by atoms with Crippen LogP contribution in [-0.4, -0.2) is 11.1 Å². The molecule has 0 saturated heterocycles. The maximum Gasteiger partial charge on any atom is 0.267 e. The first-order chi connectivity index (χ1) is 5.33. The summed E-state index contributed by atoms with van der Waals surface area (Å²) in [5, 5.41) is 8.08. The van der Waals surface area contributed by atoms with Crippen molar-refractivity contribution in [2.24, 2.45) is 0 Å². The summed E-state index contributed by atoms with van der Waals surface area (Å²) in [5.41, 5.74) is 1.46. The molecule has 0 aliphatic carbocycles. The van der Waals surface area contributed by atoms with E-state index in [4.69, 9.17) is 9.62 Å². The van der Waals surface area contributed by atoms with Gasteiger partial charge in [-0.05, 0) is 18.2 Å². The van der Waals surface area contributed by atoms with Gasteiger partial charge in [-0.3, -0.25) is 10.0 Å². The fraction of sp³-hybridized carbons (Fsp3) is 0. The second kappa shape index (κ2) is 3.58. The highest BCUT2D eigenvalue weighted by Gasteiger charge is 1.91. The van der Waals surface area contributed by atoms with Gasteiger partial charge in [0.25, 0.3) is 5.91 Å². The van der Waals surface area contributed by atoms with Crippen molar-refractivity contribution in [1.82, 2.24) is 5.48 Å². The topological polar surface area (TPSA) is 62.5 Å². The third-order valence-electron chi connectivity index (χ3n) is 1.05. The summed E-state index contributed by atoms with van der Waals surface area (Å²) in [6, 6.07) is 3.40. The second-order valence-corrected chi connectivity index (χ2v) is 1.82. The quantitative estimate of drug-likeness (QED) is 0.375. The van der Waals surface area contributed by atoms with Crippen LogP contribution in [0.15, 0.2) is 28.9 Å². The molecule has 58 valence electrons. The van der Waals surface area contributed by atoms with Gasteiger partial charge in [-0.2, -0.15) is 0 Å². The second-order valence-electron chi connectivity index (χ2n) is 1.82. The SMILES string of the molecule is O=C(/C=C/c1ccco1)NO. The Labute approximate surface area is 63.1 Å². The van der Waals surface area contributed by atoms with E-state index in [-0.39, 0.29) is 0 Å². The molecule has 0 bridgehead atoms. The van der Waals surface area contributed by atoms with E-state index in [1.807, 2.05) is 0 Å². The largest absolute Gasteiger partial charge is 0.465 e. The minimum Gasteiger partial charge on any atom is -0.465 e. The molecule has 0 fully saturated rings. The van der Waals surface area contributed by atoms with Crippen LogP contribution in [0.1, 0.15) is 5.76 Å². The van der Waals surface area contributed by atoms with E-state index in [1.165, 1.54) is 23.9 Å². The summed E-state index contributed by atoms with van der Waals surface area (Å²) in [4.78, 5) is 10.4. The zero-order valence-electron chi connectivity index (χ0n) is 5.65. The first-order valence-corrected chi connectivity index (χ1v) is 2.98. The zero-order chi connectivity index (χ0) is 8.10. The number of hydroxylamine groups is 1. The van der Waals surface area contributed by atoms with E-state index in [0.717, 1.165) is 0 Å². The maximum atomic E-state index is 10.4. The standard InChI is InChI=1S/C7H7NO3/c9-7(8-10)4-3-6-2-1-5-11-6/h1-5,10H,(H,8,9)/b4-3+. The van der Waals surface area contributed by atoms with Gasteiger partial charge in [0.2, 0.25) is 0 Å². The lowest BCUT2D eigenvalue weighted by atomic mass is 10.4. The minimum atomic E-state index is -0.582. The highest BCUT2D eigenvalue weighted by molar-refractivity contribution is 5.90. The van der Waals surface area contributed by atoms with Crippen LogP contribution in [-0.2, 0) is 4.79 Å². The minimum absolute atomic E-state index is 0.564. The number of furan rings is 1. The van der Waals surface area contributed by atoms with Crippen LogP contribution in [0.5, 0.6) is 0 Å². The van der Waals surface area contributed by atoms with Gasteiger partial charge in [-0.15, -0.1) is 0 Å². The third-order valence-corrected chi connectivity index (χ3v) is 1.05. The predicted molar refractivity (Wildman–Crippen MR) is 37.7 cm³/mol. The van der Waals surface area contributed by atoms with Gasteiger partial charge < -0.3 is 4.42 Å². The fourth-order valence-corrected chi connectivity index (χ4v) is 0.581. The Kier molecular flexibility index (Phi) is 2.46. The average Bonchev–Trinajstić information content (AvgIpc) is 2.52. The molecule has 0 unspecified atom stereocenters. The lowest BCUT2D eigenvalue weighted by Crippen LogP contribution is -2.14. The van der Waals surface area contributed by atoms with Crippen LogP contribution in [0.3, 0.4) is 0 Å². The van der Waals surface area contributed by atoms with Crippen LogP contribution < -0.4 is 5.48 Å². The molecule has 1 rings (SSSR count). The monoisotopic (exact) mass is 153 g/mol. The van der Waals surface area contributed by atoms with Crippen LogP contribution in [0, 0.1) is 0 Å². The number of rotatable bonds is 2. The van der Waals surface area contributed by atoms with Gasteiger partial charge in [-0.1, -0.05) is 0 Å². The lowest BCUT2D eigenvalue weighted by Gasteiger charge is -1.86. The molecule has 0 aliphatic rings. The molecular weight excluding hydrogens is 146 g/mol. The lowest BCUT2D eigenvalue weighted by molar-refractivity contribution is -0.124. The van der Waals surface area contributed by atoms with Crippen molar-refractivity contribution >= 4 is 12.0 Å². The van der Waals surface area contributed by atoms with Crippen molar-refractivity contribution in [2.45, 2.75) is 0 Å². The average molecular weight is 153 g/mol. The molecule has 0 radical (unpaired) electrons.